The average Bonchev–Trinajstić information content (AvgIpc) is 3.79. The van der Waals surface area contributed by atoms with E-state index in [9.17, 15) is 0 Å². The van der Waals surface area contributed by atoms with Crippen LogP contribution in [0.5, 0.6) is 0 Å². The summed E-state index contributed by atoms with van der Waals surface area (Å²) in [6.07, 6.45) is 26.3. The van der Waals surface area contributed by atoms with Crippen LogP contribution in [0, 0.1) is 46.0 Å². The van der Waals surface area contributed by atoms with Gasteiger partial charge in [0, 0.05) is 70.7 Å². The standard InChI is InChI=1S/4C10H15.2C4H11Si.2ClH.2Hf/c4*1-8-5-6-9(7-8)10(2,3)4;2*1-3-5-4-2;;;;/h4*7H,6H2,1-4H3;2*5H,3-4H2,1-2H3;2*1H;;/q4*-1;;;;;;/p-2. The van der Waals surface area contributed by atoms with Crippen molar-refractivity contribution in [3.05, 3.63) is 93.2 Å². The fourth-order valence-corrected chi connectivity index (χ4v) is 6.05. The first-order chi connectivity index (χ1) is 22.8. The normalized spacial score (nSPS) is 15.5. The average molecular weight is 1140 g/mol. The van der Waals surface area contributed by atoms with Gasteiger partial charge in [-0.3, -0.25) is 24.3 Å². The topological polar surface area (TPSA) is 0 Å². The van der Waals surface area contributed by atoms with Crippen molar-refractivity contribution in [3.63, 3.8) is 0 Å². The molecule has 4 aliphatic carbocycles. The van der Waals surface area contributed by atoms with Gasteiger partial charge in [-0.15, -0.1) is 25.7 Å². The molecule has 0 fully saturated rings. The van der Waals surface area contributed by atoms with Crippen LogP contribution in [0.1, 0.15) is 164 Å². The Bertz CT molecular complexity index is 1050. The molecule has 0 aromatic rings. The summed E-state index contributed by atoms with van der Waals surface area (Å²) in [5.41, 5.74) is 12.6. The van der Waals surface area contributed by atoms with Crippen LogP contribution < -0.4 is 24.8 Å². The van der Waals surface area contributed by atoms with Gasteiger partial charge in [0.1, 0.15) is 0 Å². The van der Waals surface area contributed by atoms with Crippen molar-refractivity contribution in [2.45, 2.75) is 188 Å². The van der Waals surface area contributed by atoms with Crippen molar-refractivity contribution in [2.75, 3.05) is 0 Å². The second-order valence-electron chi connectivity index (χ2n) is 18.0. The molecule has 310 valence electrons. The number of rotatable bonds is 4. The van der Waals surface area contributed by atoms with E-state index in [-0.39, 0.29) is 76.5 Å². The molecule has 0 spiro atoms. The van der Waals surface area contributed by atoms with E-state index >= 15 is 0 Å². The van der Waals surface area contributed by atoms with Gasteiger partial charge < -0.3 is 24.8 Å². The number of allylic oxidation sites excluding steroid dienone is 16. The van der Waals surface area contributed by atoms with E-state index < -0.39 is 0 Å². The van der Waals surface area contributed by atoms with Crippen molar-refractivity contribution in [3.8, 4) is 0 Å². The second kappa shape index (κ2) is 33.5. The second-order valence-corrected chi connectivity index (χ2v) is 22.5. The molecule has 0 heterocycles. The van der Waals surface area contributed by atoms with Gasteiger partial charge in [-0.1, -0.05) is 163 Å². The molecular formula is C48H82Cl2Hf2Si2-6. The van der Waals surface area contributed by atoms with Gasteiger partial charge in [0.05, 0.1) is 0 Å². The Morgan fingerprint density at radius 1 is 0.389 bits per heavy atom. The number of hydrogen-bond acceptors (Lipinski definition) is 0. The van der Waals surface area contributed by atoms with Crippen LogP contribution in [0.3, 0.4) is 0 Å². The maximum absolute atomic E-state index is 3.30. The van der Waals surface area contributed by atoms with Crippen molar-refractivity contribution < 1.29 is 76.5 Å². The van der Waals surface area contributed by atoms with Gasteiger partial charge in [-0.2, -0.15) is 22.3 Å². The van der Waals surface area contributed by atoms with Crippen LogP contribution in [-0.2, 0) is 51.7 Å². The first-order valence-corrected chi connectivity index (χ1v) is 22.9. The monoisotopic (exact) mass is 1140 g/mol. The first-order valence-electron chi connectivity index (χ1n) is 19.6. The Balaban J connectivity index is -0.000000129. The Labute approximate surface area is 395 Å². The maximum Gasteiger partial charge on any atom is 0.0274 e. The van der Waals surface area contributed by atoms with Crippen molar-refractivity contribution in [1.29, 1.82) is 0 Å². The predicted molar refractivity (Wildman–Crippen MR) is 235 cm³/mol. The van der Waals surface area contributed by atoms with Gasteiger partial charge in [-0.25, -0.2) is 46.6 Å². The summed E-state index contributed by atoms with van der Waals surface area (Å²) in [4.78, 5) is 0. The quantitative estimate of drug-likeness (QED) is 0.195. The molecule has 0 amide bonds. The SMILES string of the molecule is CC1=[C-]CC(C(C)(C)C)=C1.CC1=[C-]CC(C(C)(C)C)=C1.CC1=[C-]CC(C(C)(C)C)=C1.CC1=[C-]CC(C(C)(C)C)=C1.CC[SiH]CC.CC[SiH]CC.[Cl-].[Cl-].[Hf].[Hf]. The third kappa shape index (κ3) is 33.6. The van der Waals surface area contributed by atoms with Crippen LogP contribution in [-0.4, -0.2) is 19.0 Å². The van der Waals surface area contributed by atoms with E-state index in [1.54, 1.807) is 0 Å². The van der Waals surface area contributed by atoms with Gasteiger partial charge >= 0.3 is 0 Å². The van der Waals surface area contributed by atoms with Crippen molar-refractivity contribution >= 4 is 19.0 Å². The van der Waals surface area contributed by atoms with Crippen LogP contribution in [0.4, 0.5) is 0 Å². The zero-order chi connectivity index (χ0) is 39.3. The molecular weight excluding hydrogens is 1060 g/mol. The van der Waals surface area contributed by atoms with Crippen molar-refractivity contribution in [1.82, 2.24) is 0 Å². The third-order valence-corrected chi connectivity index (χ3v) is 11.1. The minimum Gasteiger partial charge on any atom is -1.00 e. The predicted octanol–water partition coefficient (Wildman–Crippen LogP) is 9.05. The largest absolute Gasteiger partial charge is 1.00 e. The molecule has 0 aromatic carbocycles. The summed E-state index contributed by atoms with van der Waals surface area (Å²) in [6, 6.07) is 5.71. The molecule has 4 aliphatic rings. The third-order valence-electron chi connectivity index (χ3n) is 8.80. The molecule has 0 atom stereocenters. The van der Waals surface area contributed by atoms with Crippen LogP contribution in [0.15, 0.2) is 68.9 Å². The Hall–Kier alpha value is 0.674. The molecule has 0 nitrogen and oxygen atoms in total. The number of halogens is 2. The van der Waals surface area contributed by atoms with E-state index in [2.05, 4.69) is 187 Å². The Morgan fingerprint density at radius 3 is 0.574 bits per heavy atom. The summed E-state index contributed by atoms with van der Waals surface area (Å²) in [7, 11) is 1.63. The van der Waals surface area contributed by atoms with E-state index in [0.717, 1.165) is 44.7 Å². The van der Waals surface area contributed by atoms with E-state index in [1.807, 2.05) is 0 Å². The zero-order valence-corrected chi connectivity index (χ0v) is 49.9. The summed E-state index contributed by atoms with van der Waals surface area (Å²) in [6.45, 7) is 44.4. The summed E-state index contributed by atoms with van der Waals surface area (Å²) < 4.78 is 0. The van der Waals surface area contributed by atoms with Gasteiger partial charge in [0.15, 0.2) is 0 Å². The smallest absolute Gasteiger partial charge is 0.0274 e. The number of hydrogen-bond donors (Lipinski definition) is 0. The Morgan fingerprint density at radius 2 is 0.537 bits per heavy atom. The van der Waals surface area contributed by atoms with Crippen LogP contribution >= 0.6 is 0 Å². The van der Waals surface area contributed by atoms with Gasteiger partial charge in [0.25, 0.3) is 0 Å². The Kier molecular flexibility index (Phi) is 41.2. The molecule has 4 rings (SSSR count). The molecule has 0 N–H and O–H groups in total. The molecule has 54 heavy (non-hydrogen) atoms. The van der Waals surface area contributed by atoms with Gasteiger partial charge in [-0.05, 0) is 21.7 Å². The molecule has 0 aliphatic heterocycles. The van der Waals surface area contributed by atoms with E-state index in [0.29, 0.717) is 21.7 Å². The fraction of sp³-hybridized carbons (Fsp3) is 0.667. The van der Waals surface area contributed by atoms with E-state index in [4.69, 9.17) is 0 Å². The zero-order valence-electron chi connectivity index (χ0n) is 38.9. The molecule has 0 aromatic heterocycles. The molecule has 0 bridgehead atoms. The van der Waals surface area contributed by atoms with Gasteiger partial charge in [0.2, 0.25) is 0 Å². The minimum absolute atomic E-state index is 0. The molecule has 0 unspecified atom stereocenters. The molecule has 6 heteroatoms. The van der Waals surface area contributed by atoms with Crippen LogP contribution in [0.25, 0.3) is 0 Å². The first kappa shape index (κ1) is 66.5. The molecule has 0 saturated carbocycles. The summed E-state index contributed by atoms with van der Waals surface area (Å²) >= 11 is 0. The van der Waals surface area contributed by atoms with Crippen molar-refractivity contribution in [2.24, 2.45) is 21.7 Å². The maximum atomic E-state index is 3.30. The fourth-order valence-electron chi connectivity index (χ4n) is 4.90. The van der Waals surface area contributed by atoms with Crippen LogP contribution in [0.2, 0.25) is 24.2 Å². The minimum atomic E-state index is 0. The van der Waals surface area contributed by atoms with E-state index in [1.165, 1.54) is 68.8 Å². The summed E-state index contributed by atoms with van der Waals surface area (Å²) in [5.74, 6) is 0. The summed E-state index contributed by atoms with van der Waals surface area (Å²) in [5, 5.41) is 0. The molecule has 0 saturated heterocycles. The molecule has 2 radical (unpaired) electrons.